The van der Waals surface area contributed by atoms with E-state index in [4.69, 9.17) is 11.6 Å². The van der Waals surface area contributed by atoms with Crippen LogP contribution in [0.3, 0.4) is 0 Å². The Bertz CT molecular complexity index is 985. The first-order chi connectivity index (χ1) is 12.0. The molecule has 4 nitrogen and oxygen atoms in total. The normalized spacial score (nSPS) is 10.5. The van der Waals surface area contributed by atoms with Crippen molar-refractivity contribution < 1.29 is 4.79 Å². The fraction of sp³-hybridized carbons (Fsp3) is 0.167. The van der Waals surface area contributed by atoms with Crippen LogP contribution >= 0.6 is 34.3 Å². The molecule has 0 aliphatic carbocycles. The lowest BCUT2D eigenvalue weighted by atomic mass is 10.2. The van der Waals surface area contributed by atoms with Gasteiger partial charge in [-0.1, -0.05) is 30.7 Å². The summed E-state index contributed by atoms with van der Waals surface area (Å²) in [6.45, 7) is 3.82. The van der Waals surface area contributed by atoms with Gasteiger partial charge in [-0.3, -0.25) is 4.79 Å². The van der Waals surface area contributed by atoms with Crippen LogP contribution in [-0.2, 0) is 6.42 Å². The Kier molecular flexibility index (Phi) is 5.19. The van der Waals surface area contributed by atoms with Gasteiger partial charge >= 0.3 is 0 Å². The third-order valence-corrected chi connectivity index (χ3v) is 6.19. The van der Waals surface area contributed by atoms with Crippen LogP contribution in [-0.4, -0.2) is 10.9 Å². The lowest BCUT2D eigenvalue weighted by Crippen LogP contribution is -2.11. The molecular weight excluding hydrogens is 374 g/mol. The molecule has 1 aromatic carbocycles. The molecule has 0 fully saturated rings. The molecule has 126 valence electrons. The number of hydrogen-bond acceptors (Lipinski definition) is 5. The van der Waals surface area contributed by atoms with E-state index in [1.807, 2.05) is 31.2 Å². The predicted octanol–water partition coefficient (Wildman–Crippen LogP) is 5.52. The molecule has 0 radical (unpaired) electrons. The van der Waals surface area contributed by atoms with Crippen LogP contribution in [0.4, 0.5) is 5.00 Å². The minimum Gasteiger partial charge on any atom is -0.312 e. The number of thiophene rings is 1. The summed E-state index contributed by atoms with van der Waals surface area (Å²) < 4.78 is 0. The summed E-state index contributed by atoms with van der Waals surface area (Å²) in [6.07, 6.45) is 0.827. The fourth-order valence-electron chi connectivity index (χ4n) is 2.30. The number of carbonyl (C=O) groups is 1. The van der Waals surface area contributed by atoms with E-state index in [1.54, 1.807) is 13.0 Å². The van der Waals surface area contributed by atoms with Gasteiger partial charge in [-0.05, 0) is 31.5 Å². The molecule has 1 N–H and O–H groups in total. The maximum Gasteiger partial charge on any atom is 0.268 e. The molecule has 0 unspecified atom stereocenters. The molecule has 3 rings (SSSR count). The zero-order chi connectivity index (χ0) is 18.0. The van der Waals surface area contributed by atoms with Crippen molar-refractivity contribution in [3.8, 4) is 16.6 Å². The number of rotatable bonds is 4. The first-order valence-electron chi connectivity index (χ1n) is 7.59. The second kappa shape index (κ2) is 7.36. The molecule has 25 heavy (non-hydrogen) atoms. The Labute approximate surface area is 158 Å². The number of halogens is 1. The van der Waals surface area contributed by atoms with Crippen molar-refractivity contribution in [2.45, 2.75) is 20.3 Å². The van der Waals surface area contributed by atoms with E-state index in [0.717, 1.165) is 21.9 Å². The van der Waals surface area contributed by atoms with Gasteiger partial charge in [0.15, 0.2) is 0 Å². The van der Waals surface area contributed by atoms with Crippen LogP contribution in [0.15, 0.2) is 30.3 Å². The number of aryl methyl sites for hydroxylation is 2. The molecule has 7 heteroatoms. The van der Waals surface area contributed by atoms with Crippen LogP contribution in [0, 0.1) is 18.3 Å². The summed E-state index contributed by atoms with van der Waals surface area (Å²) in [5.41, 5.74) is 2.03. The topological polar surface area (TPSA) is 65.8 Å². The van der Waals surface area contributed by atoms with Crippen molar-refractivity contribution in [1.82, 2.24) is 4.98 Å². The number of benzene rings is 1. The average molecular weight is 388 g/mol. The molecular formula is C18H14ClN3OS2. The molecule has 0 aliphatic rings. The number of nitrogens with zero attached hydrogens (tertiary/aromatic N) is 2. The number of nitriles is 1. The summed E-state index contributed by atoms with van der Waals surface area (Å²) in [6, 6.07) is 11.3. The molecule has 0 spiro atoms. The summed E-state index contributed by atoms with van der Waals surface area (Å²) in [5, 5.41) is 14.0. The minimum absolute atomic E-state index is 0.246. The van der Waals surface area contributed by atoms with Crippen LogP contribution in [0.5, 0.6) is 0 Å². The van der Waals surface area contributed by atoms with E-state index in [0.29, 0.717) is 26.2 Å². The smallest absolute Gasteiger partial charge is 0.268 e. The molecule has 0 atom stereocenters. The Balaban J connectivity index is 1.89. The maximum atomic E-state index is 12.6. The molecule has 2 aromatic heterocycles. The largest absolute Gasteiger partial charge is 0.312 e. The quantitative estimate of drug-likeness (QED) is 0.640. The van der Waals surface area contributed by atoms with E-state index in [2.05, 4.69) is 16.4 Å². The molecule has 2 heterocycles. The summed E-state index contributed by atoms with van der Waals surface area (Å²) in [5.74, 6) is -0.246. The van der Waals surface area contributed by atoms with Gasteiger partial charge in [-0.15, -0.1) is 22.7 Å². The zero-order valence-corrected chi connectivity index (χ0v) is 16.0. The van der Waals surface area contributed by atoms with Crippen LogP contribution in [0.1, 0.15) is 32.7 Å². The number of hydrogen-bond donors (Lipinski definition) is 1. The summed E-state index contributed by atoms with van der Waals surface area (Å²) >= 11 is 8.77. The van der Waals surface area contributed by atoms with Crippen LogP contribution in [0.25, 0.3) is 10.6 Å². The Morgan fingerprint density at radius 3 is 2.84 bits per heavy atom. The zero-order valence-electron chi connectivity index (χ0n) is 13.6. The highest BCUT2D eigenvalue weighted by molar-refractivity contribution is 7.18. The van der Waals surface area contributed by atoms with Crippen molar-refractivity contribution in [3.63, 3.8) is 0 Å². The van der Waals surface area contributed by atoms with Gasteiger partial charge in [0.2, 0.25) is 0 Å². The minimum atomic E-state index is -0.246. The van der Waals surface area contributed by atoms with Gasteiger partial charge in [0.25, 0.3) is 5.91 Å². The molecule has 0 aliphatic heterocycles. The SMILES string of the molecule is CCc1cc(C#N)c(NC(=O)c2sc(-c3cccc(Cl)c3)nc2C)s1. The van der Waals surface area contributed by atoms with E-state index < -0.39 is 0 Å². The van der Waals surface area contributed by atoms with Crippen LogP contribution < -0.4 is 5.32 Å². The number of thiazole rings is 1. The first kappa shape index (κ1) is 17.6. The average Bonchev–Trinajstić information content (AvgIpc) is 3.18. The van der Waals surface area contributed by atoms with Gasteiger partial charge in [0.1, 0.15) is 21.0 Å². The molecule has 0 saturated carbocycles. The third-order valence-electron chi connectivity index (χ3n) is 3.55. The van der Waals surface area contributed by atoms with Gasteiger partial charge in [0, 0.05) is 15.5 Å². The number of aromatic nitrogens is 1. The number of anilines is 1. The molecule has 0 bridgehead atoms. The standard InChI is InChI=1S/C18H14ClN3OS2/c1-3-14-8-12(9-20)18(24-14)22-16(23)15-10(2)21-17(25-15)11-5-4-6-13(19)7-11/h4-8H,3H2,1-2H3,(H,22,23). The van der Waals surface area contributed by atoms with E-state index in [1.165, 1.54) is 22.7 Å². The van der Waals surface area contributed by atoms with Crippen molar-refractivity contribution in [3.05, 3.63) is 56.4 Å². The predicted molar refractivity (Wildman–Crippen MR) is 104 cm³/mol. The Morgan fingerprint density at radius 1 is 1.36 bits per heavy atom. The Hall–Kier alpha value is -2.20. The number of nitrogens with one attached hydrogen (secondary N) is 1. The highest BCUT2D eigenvalue weighted by Gasteiger charge is 2.19. The van der Waals surface area contributed by atoms with Crippen molar-refractivity contribution in [1.29, 1.82) is 5.26 Å². The van der Waals surface area contributed by atoms with E-state index >= 15 is 0 Å². The lowest BCUT2D eigenvalue weighted by molar-refractivity contribution is 0.103. The van der Waals surface area contributed by atoms with Crippen LogP contribution in [0.2, 0.25) is 5.02 Å². The van der Waals surface area contributed by atoms with E-state index in [9.17, 15) is 10.1 Å². The third kappa shape index (κ3) is 3.74. The molecule has 1 amide bonds. The van der Waals surface area contributed by atoms with E-state index in [-0.39, 0.29) is 5.91 Å². The van der Waals surface area contributed by atoms with Gasteiger partial charge in [0.05, 0.1) is 11.3 Å². The molecule has 3 aromatic rings. The highest BCUT2D eigenvalue weighted by atomic mass is 35.5. The first-order valence-corrected chi connectivity index (χ1v) is 9.60. The number of amides is 1. The van der Waals surface area contributed by atoms with Crippen molar-refractivity contribution in [2.75, 3.05) is 5.32 Å². The van der Waals surface area contributed by atoms with Gasteiger partial charge < -0.3 is 5.32 Å². The summed E-state index contributed by atoms with van der Waals surface area (Å²) in [7, 11) is 0. The monoisotopic (exact) mass is 387 g/mol. The molecule has 0 saturated heterocycles. The van der Waals surface area contributed by atoms with Gasteiger partial charge in [-0.25, -0.2) is 4.98 Å². The second-order valence-electron chi connectivity index (χ2n) is 5.32. The number of carbonyl (C=O) groups excluding carboxylic acids is 1. The highest BCUT2D eigenvalue weighted by Crippen LogP contribution is 2.32. The Morgan fingerprint density at radius 2 is 2.16 bits per heavy atom. The van der Waals surface area contributed by atoms with Crippen molar-refractivity contribution in [2.24, 2.45) is 0 Å². The summed E-state index contributed by atoms with van der Waals surface area (Å²) in [4.78, 5) is 18.7. The maximum absolute atomic E-state index is 12.6. The van der Waals surface area contributed by atoms with Gasteiger partial charge in [-0.2, -0.15) is 5.26 Å². The second-order valence-corrected chi connectivity index (χ2v) is 7.89. The van der Waals surface area contributed by atoms with Crippen molar-refractivity contribution >= 4 is 45.2 Å². The fourth-order valence-corrected chi connectivity index (χ4v) is 4.39. The lowest BCUT2D eigenvalue weighted by Gasteiger charge is -2.01.